The molecule has 7 nitrogen and oxygen atoms in total. The van der Waals surface area contributed by atoms with Crippen LogP contribution in [0.5, 0.6) is 0 Å². The van der Waals surface area contributed by atoms with E-state index in [1.165, 1.54) is 0 Å². The maximum Gasteiger partial charge on any atom is 0.246 e. The van der Waals surface area contributed by atoms with Crippen molar-refractivity contribution < 1.29 is 4.79 Å². The zero-order valence-electron chi connectivity index (χ0n) is 15.6. The van der Waals surface area contributed by atoms with Crippen LogP contribution in [0.25, 0.3) is 5.65 Å². The number of hydrogen-bond acceptors (Lipinski definition) is 5. The van der Waals surface area contributed by atoms with Crippen molar-refractivity contribution >= 4 is 23.6 Å². The van der Waals surface area contributed by atoms with Gasteiger partial charge in [0, 0.05) is 43.9 Å². The number of anilines is 1. The maximum absolute atomic E-state index is 13.1. The van der Waals surface area contributed by atoms with Crippen molar-refractivity contribution in [2.24, 2.45) is 11.0 Å². The molecule has 0 spiro atoms. The minimum absolute atomic E-state index is 0.0106. The molecule has 28 heavy (non-hydrogen) atoms. The van der Waals surface area contributed by atoms with Crippen LogP contribution in [-0.2, 0) is 4.79 Å². The van der Waals surface area contributed by atoms with Crippen LogP contribution in [0.15, 0.2) is 60.0 Å². The fourth-order valence-electron chi connectivity index (χ4n) is 4.10. The van der Waals surface area contributed by atoms with Crippen LogP contribution >= 0.6 is 0 Å². The molecule has 4 heterocycles. The molecule has 142 valence electrons. The third-order valence-corrected chi connectivity index (χ3v) is 5.65. The standard InChI is InChI=1S/C21H22N6O/c28-21(27-18(6-11-23-27)16-4-2-1-3-5-16)17-8-13-25(14-9-17)19-10-15-26-20(24-19)7-12-22-26/h1-5,7,10-12,15,17-18H,6,8-9,13-14H2/t18-/m0/s1. The van der Waals surface area contributed by atoms with Gasteiger partial charge in [0.1, 0.15) is 5.82 Å². The smallest absolute Gasteiger partial charge is 0.246 e. The molecule has 0 N–H and O–H groups in total. The number of hydrogen-bond donors (Lipinski definition) is 0. The van der Waals surface area contributed by atoms with Crippen LogP contribution in [0.4, 0.5) is 5.82 Å². The molecule has 2 aliphatic heterocycles. The zero-order chi connectivity index (χ0) is 18.9. The first kappa shape index (κ1) is 16.9. The molecule has 3 aromatic rings. The topological polar surface area (TPSA) is 66.1 Å². The van der Waals surface area contributed by atoms with Gasteiger partial charge in [-0.05, 0) is 24.5 Å². The van der Waals surface area contributed by atoms with Crippen molar-refractivity contribution in [1.82, 2.24) is 19.6 Å². The molecule has 5 rings (SSSR count). The van der Waals surface area contributed by atoms with Gasteiger partial charge in [-0.15, -0.1) is 0 Å². The van der Waals surface area contributed by atoms with Gasteiger partial charge in [0.2, 0.25) is 5.91 Å². The van der Waals surface area contributed by atoms with E-state index in [1.807, 2.05) is 42.7 Å². The van der Waals surface area contributed by atoms with E-state index in [0.29, 0.717) is 0 Å². The number of aromatic nitrogens is 3. The SMILES string of the molecule is O=C(C1CCN(c2ccn3nccc3n2)CC1)N1N=CC[C@H]1c1ccccc1. The molecule has 1 aromatic carbocycles. The van der Waals surface area contributed by atoms with Crippen molar-refractivity contribution in [2.75, 3.05) is 18.0 Å². The first-order valence-corrected chi connectivity index (χ1v) is 9.75. The molecule has 2 aromatic heterocycles. The minimum atomic E-state index is 0.0106. The quantitative estimate of drug-likeness (QED) is 0.707. The molecular formula is C21H22N6O. The van der Waals surface area contributed by atoms with Crippen molar-refractivity contribution in [3.63, 3.8) is 0 Å². The predicted molar refractivity (Wildman–Crippen MR) is 107 cm³/mol. The summed E-state index contributed by atoms with van der Waals surface area (Å²) >= 11 is 0. The van der Waals surface area contributed by atoms with Crippen molar-refractivity contribution in [3.8, 4) is 0 Å². The molecule has 1 saturated heterocycles. The van der Waals surface area contributed by atoms with Gasteiger partial charge in [0.05, 0.1) is 12.2 Å². The summed E-state index contributed by atoms with van der Waals surface area (Å²) in [5.74, 6) is 1.10. The number of benzene rings is 1. The third-order valence-electron chi connectivity index (χ3n) is 5.65. The minimum Gasteiger partial charge on any atom is -0.356 e. The Morgan fingerprint density at radius 2 is 1.86 bits per heavy atom. The molecule has 0 radical (unpaired) electrons. The summed E-state index contributed by atoms with van der Waals surface area (Å²) in [6.45, 7) is 1.64. The van der Waals surface area contributed by atoms with Gasteiger partial charge in [0.25, 0.3) is 0 Å². The van der Waals surface area contributed by atoms with Gasteiger partial charge in [-0.3, -0.25) is 4.79 Å². The Morgan fingerprint density at radius 3 is 2.68 bits per heavy atom. The van der Waals surface area contributed by atoms with E-state index in [4.69, 9.17) is 0 Å². The van der Waals surface area contributed by atoms with E-state index in [1.54, 1.807) is 15.7 Å². The summed E-state index contributed by atoms with van der Waals surface area (Å²) in [7, 11) is 0. The Hall–Kier alpha value is -3.22. The highest BCUT2D eigenvalue weighted by atomic mass is 16.2. The Balaban J connectivity index is 1.26. The predicted octanol–water partition coefficient (Wildman–Crippen LogP) is 2.91. The number of hydrazone groups is 1. The fourth-order valence-corrected chi connectivity index (χ4v) is 4.10. The van der Waals surface area contributed by atoms with Crippen LogP contribution < -0.4 is 4.90 Å². The Bertz CT molecular complexity index is 1010. The van der Waals surface area contributed by atoms with E-state index < -0.39 is 0 Å². The Labute approximate surface area is 163 Å². The lowest BCUT2D eigenvalue weighted by molar-refractivity contribution is -0.138. The normalized spacial score (nSPS) is 20.2. The zero-order valence-corrected chi connectivity index (χ0v) is 15.6. The molecule has 1 fully saturated rings. The highest BCUT2D eigenvalue weighted by Gasteiger charge is 2.34. The van der Waals surface area contributed by atoms with E-state index in [0.717, 1.165) is 49.4 Å². The lowest BCUT2D eigenvalue weighted by Gasteiger charge is -2.34. The molecule has 0 bridgehead atoms. The summed E-state index contributed by atoms with van der Waals surface area (Å²) in [5, 5.41) is 10.3. The van der Waals surface area contributed by atoms with Gasteiger partial charge in [-0.25, -0.2) is 14.5 Å². The average molecular weight is 374 g/mol. The van der Waals surface area contributed by atoms with Crippen molar-refractivity contribution in [2.45, 2.75) is 25.3 Å². The Kier molecular flexibility index (Phi) is 4.27. The van der Waals surface area contributed by atoms with Crippen molar-refractivity contribution in [1.29, 1.82) is 0 Å². The lowest BCUT2D eigenvalue weighted by atomic mass is 9.94. The second-order valence-corrected chi connectivity index (χ2v) is 7.32. The van der Waals surface area contributed by atoms with Crippen LogP contribution in [0.3, 0.4) is 0 Å². The van der Waals surface area contributed by atoms with Crippen LogP contribution in [0, 0.1) is 5.92 Å². The number of carbonyl (C=O) groups is 1. The third kappa shape index (κ3) is 3.02. The van der Waals surface area contributed by atoms with E-state index in [2.05, 4.69) is 32.2 Å². The Morgan fingerprint density at radius 1 is 1.04 bits per heavy atom. The fraction of sp³-hybridized carbons (Fsp3) is 0.333. The van der Waals surface area contributed by atoms with E-state index >= 15 is 0 Å². The summed E-state index contributed by atoms with van der Waals surface area (Å²) in [6.07, 6.45) is 7.95. The largest absolute Gasteiger partial charge is 0.356 e. The second-order valence-electron chi connectivity index (χ2n) is 7.32. The monoisotopic (exact) mass is 374 g/mol. The summed E-state index contributed by atoms with van der Waals surface area (Å²) in [4.78, 5) is 20.0. The van der Waals surface area contributed by atoms with Crippen LogP contribution in [0.1, 0.15) is 30.9 Å². The molecular weight excluding hydrogens is 352 g/mol. The van der Waals surface area contributed by atoms with Gasteiger partial charge < -0.3 is 4.90 Å². The summed E-state index contributed by atoms with van der Waals surface area (Å²) in [6, 6.07) is 14.1. The number of rotatable bonds is 3. The van der Waals surface area contributed by atoms with Crippen LogP contribution in [-0.4, -0.2) is 44.8 Å². The molecule has 1 atom stereocenters. The van der Waals surface area contributed by atoms with E-state index in [-0.39, 0.29) is 17.9 Å². The molecule has 0 aliphatic carbocycles. The maximum atomic E-state index is 13.1. The molecule has 1 amide bonds. The number of piperidine rings is 1. The van der Waals surface area contributed by atoms with Crippen LogP contribution in [0.2, 0.25) is 0 Å². The summed E-state index contributed by atoms with van der Waals surface area (Å²) in [5.41, 5.74) is 1.98. The number of nitrogens with zero attached hydrogens (tertiary/aromatic N) is 6. The van der Waals surface area contributed by atoms with Gasteiger partial charge in [-0.2, -0.15) is 10.2 Å². The molecule has 2 aliphatic rings. The highest BCUT2D eigenvalue weighted by molar-refractivity contribution is 5.82. The molecule has 0 saturated carbocycles. The van der Waals surface area contributed by atoms with Crippen molar-refractivity contribution in [3.05, 3.63) is 60.4 Å². The summed E-state index contributed by atoms with van der Waals surface area (Å²) < 4.78 is 1.76. The molecule has 7 heteroatoms. The second kappa shape index (κ2) is 7.07. The van der Waals surface area contributed by atoms with Gasteiger partial charge >= 0.3 is 0 Å². The van der Waals surface area contributed by atoms with Gasteiger partial charge in [0.15, 0.2) is 5.65 Å². The van der Waals surface area contributed by atoms with E-state index in [9.17, 15) is 4.79 Å². The highest BCUT2D eigenvalue weighted by Crippen LogP contribution is 2.32. The first-order chi connectivity index (χ1) is 13.8. The van der Waals surface area contributed by atoms with Gasteiger partial charge in [-0.1, -0.05) is 30.3 Å². The molecule has 0 unspecified atom stereocenters. The number of amides is 1. The number of carbonyl (C=O) groups excluding carboxylic acids is 1. The first-order valence-electron chi connectivity index (χ1n) is 9.75. The lowest BCUT2D eigenvalue weighted by Crippen LogP contribution is -2.41. The number of fused-ring (bicyclic) bond motifs is 1. The average Bonchev–Trinajstić information content (AvgIpc) is 3.43.